The van der Waals surface area contributed by atoms with Crippen LogP contribution in [0.15, 0.2) is 28.4 Å². The molecule has 0 saturated carbocycles. The lowest BCUT2D eigenvalue weighted by Gasteiger charge is -2.23. The normalized spacial score (nSPS) is 16.7. The second-order valence-corrected chi connectivity index (χ2v) is 9.53. The van der Waals surface area contributed by atoms with Gasteiger partial charge in [0.15, 0.2) is 16.2 Å². The van der Waals surface area contributed by atoms with Crippen molar-refractivity contribution in [2.24, 2.45) is 14.1 Å². The van der Waals surface area contributed by atoms with E-state index in [9.17, 15) is 14.4 Å². The quantitative estimate of drug-likeness (QED) is 0.426. The van der Waals surface area contributed by atoms with E-state index in [2.05, 4.69) is 42.3 Å². The molecular weight excluding hydrogens is 472 g/mol. The number of amides is 1. The van der Waals surface area contributed by atoms with Crippen LogP contribution < -0.4 is 21.5 Å². The van der Waals surface area contributed by atoms with Crippen LogP contribution in [0.1, 0.15) is 32.7 Å². The minimum Gasteiger partial charge on any atom is -0.353 e. The summed E-state index contributed by atoms with van der Waals surface area (Å²) in [5, 5.41) is 12.1. The predicted molar refractivity (Wildman–Crippen MR) is 131 cm³/mol. The molecule has 0 spiro atoms. The van der Waals surface area contributed by atoms with E-state index in [1.165, 1.54) is 47.2 Å². The van der Waals surface area contributed by atoms with E-state index in [4.69, 9.17) is 0 Å². The van der Waals surface area contributed by atoms with Gasteiger partial charge >= 0.3 is 5.69 Å². The highest BCUT2D eigenvalue weighted by Crippen LogP contribution is 2.35. The summed E-state index contributed by atoms with van der Waals surface area (Å²) in [6.45, 7) is 4.72. The lowest BCUT2D eigenvalue weighted by molar-refractivity contribution is -0.118. The van der Waals surface area contributed by atoms with Crippen molar-refractivity contribution in [3.8, 4) is 10.6 Å². The van der Waals surface area contributed by atoms with Crippen molar-refractivity contribution >= 4 is 39.4 Å². The van der Waals surface area contributed by atoms with E-state index in [0.717, 1.165) is 35.3 Å². The van der Waals surface area contributed by atoms with Crippen LogP contribution in [-0.4, -0.2) is 57.3 Å². The van der Waals surface area contributed by atoms with Crippen LogP contribution in [0.4, 0.5) is 10.9 Å². The van der Waals surface area contributed by atoms with Crippen LogP contribution in [0, 0.1) is 0 Å². The van der Waals surface area contributed by atoms with Gasteiger partial charge in [0, 0.05) is 32.9 Å². The zero-order chi connectivity index (χ0) is 24.9. The van der Waals surface area contributed by atoms with Gasteiger partial charge in [0.05, 0.1) is 11.9 Å². The van der Waals surface area contributed by atoms with E-state index in [0.29, 0.717) is 16.2 Å². The molecule has 0 unspecified atom stereocenters. The molecule has 2 atom stereocenters. The molecular formula is C21H24N10O3S. The molecule has 1 saturated heterocycles. The van der Waals surface area contributed by atoms with Crippen LogP contribution in [0.2, 0.25) is 0 Å². The average molecular weight is 497 g/mol. The Morgan fingerprint density at radius 2 is 2.00 bits per heavy atom. The van der Waals surface area contributed by atoms with Gasteiger partial charge in [-0.15, -0.1) is 10.2 Å². The second-order valence-electron chi connectivity index (χ2n) is 8.55. The number of rotatable bonds is 5. The SMILES string of the molecule is C[C@H]1CCCN1c1ncncc1-c1nnc(NC(=O)[C@H](C)n2cnc3c2c(=O)n(C)c(=O)n3C)s1. The van der Waals surface area contributed by atoms with Crippen molar-refractivity contribution in [3.05, 3.63) is 39.7 Å². The van der Waals surface area contributed by atoms with Crippen molar-refractivity contribution in [3.63, 3.8) is 0 Å². The number of carbonyl (C=O) groups is 1. The monoisotopic (exact) mass is 496 g/mol. The van der Waals surface area contributed by atoms with Crippen LogP contribution in [0.25, 0.3) is 21.7 Å². The largest absolute Gasteiger partial charge is 0.353 e. The fourth-order valence-corrected chi connectivity index (χ4v) is 5.08. The lowest BCUT2D eigenvalue weighted by Crippen LogP contribution is -2.38. The topological polar surface area (TPSA) is 146 Å². The highest BCUT2D eigenvalue weighted by atomic mass is 32.1. The number of aromatic nitrogens is 8. The maximum absolute atomic E-state index is 13.0. The Bertz CT molecular complexity index is 1550. The van der Waals surface area contributed by atoms with Gasteiger partial charge in [0.2, 0.25) is 11.0 Å². The molecule has 0 radical (unpaired) electrons. The standard InChI is InChI=1S/C21H24N10O3S/c1-11-6-5-7-30(11)15-13(8-22-9-23-15)18-26-27-20(35-18)25-17(32)12(2)31-10-24-16-14(31)19(33)29(4)21(34)28(16)3/h8-12H,5-7H2,1-4H3,(H,25,27,32)/t11-,12-/m0/s1. The molecule has 4 aromatic rings. The molecule has 0 aromatic carbocycles. The van der Waals surface area contributed by atoms with E-state index >= 15 is 0 Å². The van der Waals surface area contributed by atoms with Gasteiger partial charge in [-0.05, 0) is 26.7 Å². The number of hydrogen-bond donors (Lipinski definition) is 1. The lowest BCUT2D eigenvalue weighted by atomic mass is 10.2. The molecule has 13 nitrogen and oxygen atoms in total. The average Bonchev–Trinajstić information content (AvgIpc) is 3.60. The zero-order valence-electron chi connectivity index (χ0n) is 19.7. The summed E-state index contributed by atoms with van der Waals surface area (Å²) in [5.41, 5.74) is 0.132. The molecule has 4 aromatic heterocycles. The molecule has 1 aliphatic rings. The maximum Gasteiger partial charge on any atom is 0.332 e. The third kappa shape index (κ3) is 3.79. The minimum absolute atomic E-state index is 0.168. The van der Waals surface area contributed by atoms with E-state index in [1.807, 2.05) is 0 Å². The smallest absolute Gasteiger partial charge is 0.332 e. The first-order valence-electron chi connectivity index (χ1n) is 11.1. The zero-order valence-corrected chi connectivity index (χ0v) is 20.5. The van der Waals surface area contributed by atoms with E-state index in [-0.39, 0.29) is 11.2 Å². The first kappa shape index (κ1) is 22.8. The molecule has 1 N–H and O–H groups in total. The Kier molecular flexibility index (Phi) is 5.67. The summed E-state index contributed by atoms with van der Waals surface area (Å²) in [6, 6.07) is -0.424. The van der Waals surface area contributed by atoms with Crippen molar-refractivity contribution in [1.29, 1.82) is 0 Å². The number of fused-ring (bicyclic) bond motifs is 1. The van der Waals surface area contributed by atoms with E-state index in [1.54, 1.807) is 13.1 Å². The summed E-state index contributed by atoms with van der Waals surface area (Å²) in [5.74, 6) is 0.402. The molecule has 1 fully saturated rings. The molecule has 5 rings (SSSR count). The van der Waals surface area contributed by atoms with Gasteiger partial charge in [-0.2, -0.15) is 0 Å². The summed E-state index contributed by atoms with van der Waals surface area (Å²) < 4.78 is 3.71. The summed E-state index contributed by atoms with van der Waals surface area (Å²) in [7, 11) is 2.92. The van der Waals surface area contributed by atoms with E-state index < -0.39 is 23.2 Å². The third-order valence-electron chi connectivity index (χ3n) is 6.37. The number of aryl methyl sites for hydroxylation is 1. The maximum atomic E-state index is 13.0. The van der Waals surface area contributed by atoms with Crippen LogP contribution in [0.3, 0.4) is 0 Å². The molecule has 1 amide bonds. The highest BCUT2D eigenvalue weighted by Gasteiger charge is 2.27. The number of hydrogen-bond acceptors (Lipinski definition) is 10. The van der Waals surface area contributed by atoms with Gasteiger partial charge in [-0.25, -0.2) is 19.7 Å². The second kappa shape index (κ2) is 8.69. The van der Waals surface area contributed by atoms with Crippen molar-refractivity contribution in [2.45, 2.75) is 38.8 Å². The number of nitrogens with zero attached hydrogens (tertiary/aromatic N) is 9. The van der Waals surface area contributed by atoms with Crippen LogP contribution >= 0.6 is 11.3 Å². The van der Waals surface area contributed by atoms with Gasteiger partial charge in [0.1, 0.15) is 18.2 Å². The fourth-order valence-electron chi connectivity index (χ4n) is 4.33. The summed E-state index contributed by atoms with van der Waals surface area (Å²) in [6.07, 6.45) is 6.80. The van der Waals surface area contributed by atoms with Gasteiger partial charge in [-0.3, -0.25) is 24.0 Å². The van der Waals surface area contributed by atoms with Crippen molar-refractivity contribution in [1.82, 2.24) is 38.9 Å². The summed E-state index contributed by atoms with van der Waals surface area (Å²) in [4.78, 5) is 53.0. The molecule has 35 heavy (non-hydrogen) atoms. The minimum atomic E-state index is -0.793. The van der Waals surface area contributed by atoms with Crippen molar-refractivity contribution in [2.75, 3.05) is 16.8 Å². The molecule has 1 aliphatic heterocycles. The number of nitrogens with one attached hydrogen (secondary N) is 1. The number of imidazole rings is 1. The first-order valence-corrected chi connectivity index (χ1v) is 11.9. The fraction of sp³-hybridized carbons (Fsp3) is 0.429. The molecule has 0 aliphatic carbocycles. The van der Waals surface area contributed by atoms with Gasteiger partial charge in [-0.1, -0.05) is 11.3 Å². The van der Waals surface area contributed by atoms with Crippen LogP contribution in [-0.2, 0) is 18.9 Å². The molecule has 5 heterocycles. The number of anilines is 2. The Balaban J connectivity index is 1.41. The van der Waals surface area contributed by atoms with Gasteiger partial charge in [0.25, 0.3) is 5.56 Å². The summed E-state index contributed by atoms with van der Waals surface area (Å²) >= 11 is 1.22. The highest BCUT2D eigenvalue weighted by molar-refractivity contribution is 7.18. The third-order valence-corrected chi connectivity index (χ3v) is 7.24. The molecule has 182 valence electrons. The molecule has 0 bridgehead atoms. The predicted octanol–water partition coefficient (Wildman–Crippen LogP) is 0.931. The Morgan fingerprint density at radius 1 is 1.20 bits per heavy atom. The Labute approximate surface area is 203 Å². The molecule has 14 heteroatoms. The van der Waals surface area contributed by atoms with Crippen molar-refractivity contribution < 1.29 is 4.79 Å². The Morgan fingerprint density at radius 3 is 2.74 bits per heavy atom. The Hall–Kier alpha value is -3.94. The first-order chi connectivity index (χ1) is 16.8. The number of carbonyl (C=O) groups excluding carboxylic acids is 1. The van der Waals surface area contributed by atoms with Gasteiger partial charge < -0.3 is 9.47 Å². The van der Waals surface area contributed by atoms with Crippen LogP contribution in [0.5, 0.6) is 0 Å².